The van der Waals surface area contributed by atoms with Crippen molar-refractivity contribution in [2.45, 2.75) is 32.4 Å². The Morgan fingerprint density at radius 1 is 1.37 bits per heavy atom. The monoisotopic (exact) mass is 329 g/mol. The smallest absolute Gasteiger partial charge is 0.175 e. The minimum absolute atomic E-state index is 0.0124. The molecular weight excluding hydrogens is 310 g/mol. The van der Waals surface area contributed by atoms with Crippen LogP contribution in [0.25, 0.3) is 0 Å². The average Bonchev–Trinajstić information content (AvgIpc) is 2.63. The van der Waals surface area contributed by atoms with Crippen LogP contribution in [0.3, 0.4) is 0 Å². The number of aliphatic hydroxyl groups is 1. The van der Waals surface area contributed by atoms with Gasteiger partial charge in [0, 0.05) is 12.5 Å². The second-order valence-corrected chi connectivity index (χ2v) is 5.53. The van der Waals surface area contributed by atoms with Crippen LogP contribution in [-0.4, -0.2) is 30.9 Å². The molecule has 0 fully saturated rings. The summed E-state index contributed by atoms with van der Waals surface area (Å²) in [6.07, 6.45) is 0.292. The lowest BCUT2D eigenvalue weighted by molar-refractivity contribution is 0.136. The molecule has 2 unspecified atom stereocenters. The third-order valence-corrected chi connectivity index (χ3v) is 3.75. The fourth-order valence-corrected chi connectivity index (χ4v) is 2.72. The molecule has 0 aliphatic carbocycles. The van der Waals surface area contributed by atoms with Crippen LogP contribution in [0, 0.1) is 0 Å². The molecule has 0 radical (unpaired) electrons. The van der Waals surface area contributed by atoms with Crippen molar-refractivity contribution >= 4 is 15.9 Å². The summed E-state index contributed by atoms with van der Waals surface area (Å²) in [4.78, 5) is 0. The molecule has 0 saturated heterocycles. The van der Waals surface area contributed by atoms with Gasteiger partial charge >= 0.3 is 0 Å². The van der Waals surface area contributed by atoms with Crippen LogP contribution < -0.4 is 14.8 Å². The van der Waals surface area contributed by atoms with Crippen LogP contribution in [0.2, 0.25) is 0 Å². The largest absolute Gasteiger partial charge is 0.490 e. The summed E-state index contributed by atoms with van der Waals surface area (Å²) in [6, 6.07) is 3.75. The Morgan fingerprint density at radius 3 is 2.84 bits per heavy atom. The van der Waals surface area contributed by atoms with Crippen molar-refractivity contribution in [3.63, 3.8) is 0 Å². The summed E-state index contributed by atoms with van der Waals surface area (Å²) < 4.78 is 12.1. The lowest BCUT2D eigenvalue weighted by atomic mass is 10.0. The van der Waals surface area contributed by atoms with Crippen LogP contribution in [0.5, 0.6) is 11.5 Å². The van der Waals surface area contributed by atoms with Gasteiger partial charge in [-0.1, -0.05) is 6.92 Å². The summed E-state index contributed by atoms with van der Waals surface area (Å²) >= 11 is 3.49. The Kier molecular flexibility index (Phi) is 5.07. The molecule has 2 N–H and O–H groups in total. The molecule has 1 heterocycles. The van der Waals surface area contributed by atoms with Crippen LogP contribution in [0.1, 0.15) is 31.9 Å². The van der Waals surface area contributed by atoms with E-state index in [2.05, 4.69) is 21.2 Å². The summed E-state index contributed by atoms with van der Waals surface area (Å²) in [6.45, 7) is 6.10. The van der Waals surface area contributed by atoms with E-state index in [0.29, 0.717) is 19.0 Å². The number of nitrogens with one attached hydrogen (secondary N) is 1. The zero-order chi connectivity index (χ0) is 13.8. The minimum atomic E-state index is -0.576. The van der Waals surface area contributed by atoms with Gasteiger partial charge < -0.3 is 19.9 Å². The molecule has 0 aromatic heterocycles. The van der Waals surface area contributed by atoms with Gasteiger partial charge in [-0.05, 0) is 47.1 Å². The lowest BCUT2D eigenvalue weighted by Crippen LogP contribution is -2.31. The predicted octanol–water partition coefficient (Wildman–Crippen LogP) is 2.64. The van der Waals surface area contributed by atoms with E-state index in [1.165, 1.54) is 0 Å². The van der Waals surface area contributed by atoms with Crippen molar-refractivity contribution in [1.82, 2.24) is 5.32 Å². The number of likely N-dealkylation sites (N-methyl/N-ethyl adjacent to an activating group) is 1. The summed E-state index contributed by atoms with van der Waals surface area (Å²) in [5.41, 5.74) is 0.824. The SMILES string of the molecule is CCNC(C)C(O)c1cc(Br)c2c(c1)OCCCO2. The van der Waals surface area contributed by atoms with Crippen molar-refractivity contribution in [3.05, 3.63) is 22.2 Å². The van der Waals surface area contributed by atoms with Gasteiger partial charge in [-0.3, -0.25) is 0 Å². The minimum Gasteiger partial charge on any atom is -0.490 e. The Morgan fingerprint density at radius 2 is 2.11 bits per heavy atom. The Hall–Kier alpha value is -0.780. The molecule has 1 aliphatic heterocycles. The Labute approximate surface area is 122 Å². The molecule has 2 rings (SSSR count). The molecule has 1 aliphatic rings. The Bertz CT molecular complexity index is 439. The number of aliphatic hydroxyl groups excluding tert-OH is 1. The van der Waals surface area contributed by atoms with Gasteiger partial charge in [-0.25, -0.2) is 0 Å². The molecular formula is C14H20BrNO3. The maximum Gasteiger partial charge on any atom is 0.175 e. The van der Waals surface area contributed by atoms with Crippen molar-refractivity contribution in [2.75, 3.05) is 19.8 Å². The van der Waals surface area contributed by atoms with Gasteiger partial charge in [0.1, 0.15) is 0 Å². The zero-order valence-corrected chi connectivity index (χ0v) is 12.9. The highest BCUT2D eigenvalue weighted by molar-refractivity contribution is 9.10. The Balaban J connectivity index is 2.27. The molecule has 4 nitrogen and oxygen atoms in total. The first kappa shape index (κ1) is 14.6. The topological polar surface area (TPSA) is 50.7 Å². The van der Waals surface area contributed by atoms with Crippen LogP contribution in [0.4, 0.5) is 0 Å². The molecule has 19 heavy (non-hydrogen) atoms. The first-order valence-corrected chi connectivity index (χ1v) is 7.43. The zero-order valence-electron chi connectivity index (χ0n) is 11.3. The molecule has 2 atom stereocenters. The molecule has 106 valence electrons. The highest BCUT2D eigenvalue weighted by atomic mass is 79.9. The average molecular weight is 330 g/mol. The van der Waals surface area contributed by atoms with Gasteiger partial charge in [0.15, 0.2) is 11.5 Å². The number of halogens is 1. The number of ether oxygens (including phenoxy) is 2. The molecule has 1 aromatic carbocycles. The first-order chi connectivity index (χ1) is 9.13. The second-order valence-electron chi connectivity index (χ2n) is 4.67. The summed E-state index contributed by atoms with van der Waals surface area (Å²) in [7, 11) is 0. The number of fused-ring (bicyclic) bond motifs is 1. The maximum absolute atomic E-state index is 10.3. The van der Waals surface area contributed by atoms with Crippen molar-refractivity contribution < 1.29 is 14.6 Å². The van der Waals surface area contributed by atoms with Gasteiger partial charge in [0.2, 0.25) is 0 Å². The van der Waals surface area contributed by atoms with E-state index in [1.807, 2.05) is 26.0 Å². The van der Waals surface area contributed by atoms with Crippen molar-refractivity contribution in [3.8, 4) is 11.5 Å². The number of rotatable bonds is 4. The van der Waals surface area contributed by atoms with E-state index in [9.17, 15) is 5.11 Å². The predicted molar refractivity (Wildman–Crippen MR) is 77.8 cm³/mol. The molecule has 0 amide bonds. The van der Waals surface area contributed by atoms with Gasteiger partial charge in [0.05, 0.1) is 23.8 Å². The third kappa shape index (κ3) is 3.41. The van der Waals surface area contributed by atoms with E-state index in [4.69, 9.17) is 9.47 Å². The van der Waals surface area contributed by atoms with Crippen LogP contribution in [-0.2, 0) is 0 Å². The van der Waals surface area contributed by atoms with Crippen molar-refractivity contribution in [2.24, 2.45) is 0 Å². The molecule has 5 heteroatoms. The van der Waals surface area contributed by atoms with Crippen molar-refractivity contribution in [1.29, 1.82) is 0 Å². The van der Waals surface area contributed by atoms with E-state index >= 15 is 0 Å². The normalized spacial score (nSPS) is 17.7. The second kappa shape index (κ2) is 6.59. The molecule has 0 spiro atoms. The maximum atomic E-state index is 10.3. The summed E-state index contributed by atoms with van der Waals surface area (Å²) in [5.74, 6) is 1.43. The highest BCUT2D eigenvalue weighted by Crippen LogP contribution is 2.39. The van der Waals surface area contributed by atoms with Gasteiger partial charge in [-0.15, -0.1) is 0 Å². The molecule has 0 bridgehead atoms. The fraction of sp³-hybridized carbons (Fsp3) is 0.571. The summed E-state index contributed by atoms with van der Waals surface area (Å²) in [5, 5.41) is 13.6. The third-order valence-electron chi connectivity index (χ3n) is 3.17. The highest BCUT2D eigenvalue weighted by Gasteiger charge is 2.21. The van der Waals surface area contributed by atoms with E-state index in [1.54, 1.807) is 0 Å². The number of benzene rings is 1. The quantitative estimate of drug-likeness (QED) is 0.891. The van der Waals surface area contributed by atoms with Gasteiger partial charge in [0.25, 0.3) is 0 Å². The van der Waals surface area contributed by atoms with E-state index < -0.39 is 6.10 Å². The molecule has 1 aromatic rings. The lowest BCUT2D eigenvalue weighted by Gasteiger charge is -2.21. The van der Waals surface area contributed by atoms with E-state index in [-0.39, 0.29) is 6.04 Å². The van der Waals surface area contributed by atoms with Gasteiger partial charge in [-0.2, -0.15) is 0 Å². The fourth-order valence-electron chi connectivity index (χ4n) is 2.14. The van der Waals surface area contributed by atoms with Crippen LogP contribution >= 0.6 is 15.9 Å². The molecule has 0 saturated carbocycles. The number of hydrogen-bond donors (Lipinski definition) is 2. The van der Waals surface area contributed by atoms with Crippen LogP contribution in [0.15, 0.2) is 16.6 Å². The standard InChI is InChI=1S/C14H20BrNO3/c1-3-16-9(2)13(17)10-7-11(15)14-12(8-10)18-5-4-6-19-14/h7-9,13,16-17H,3-6H2,1-2H3. The first-order valence-electron chi connectivity index (χ1n) is 6.64. The van der Waals surface area contributed by atoms with E-state index in [0.717, 1.165) is 28.8 Å². The number of hydrogen-bond acceptors (Lipinski definition) is 4.